The molecule has 2 aromatic heterocycles. The number of carbonyl (C=O) groups is 3. The number of hydrogen-bond donors (Lipinski definition) is 4. The smallest absolute Gasteiger partial charge is 0.451 e. The number of hydroxylamine groups is 2. The monoisotopic (exact) mass is 1210 g/mol. The van der Waals surface area contributed by atoms with Crippen molar-refractivity contribution in [2.24, 2.45) is 5.73 Å². The first-order valence-electron chi connectivity index (χ1n) is 26.1. The zero-order valence-corrected chi connectivity index (χ0v) is 45.0. The minimum atomic E-state index is -4.67. The zero-order valence-electron chi connectivity index (χ0n) is 45.0. The average molecular weight is 1210 g/mol. The van der Waals surface area contributed by atoms with Crippen LogP contribution in [-0.2, 0) is 88.9 Å². The predicted molar refractivity (Wildman–Crippen MR) is 276 cm³/mol. The molecule has 0 aliphatic carbocycles. The van der Waals surface area contributed by atoms with Crippen LogP contribution < -0.4 is 16.7 Å². The number of fused-ring (bicyclic) bond motifs is 2. The lowest BCUT2D eigenvalue weighted by Crippen LogP contribution is -2.43. The minimum absolute atomic E-state index is 0.0154. The average Bonchev–Trinajstić information content (AvgIpc) is 3.42. The molecular formula is C56H55F12N11O6. The fourth-order valence-corrected chi connectivity index (χ4v) is 8.99. The lowest BCUT2D eigenvalue weighted by Gasteiger charge is -2.29. The summed E-state index contributed by atoms with van der Waals surface area (Å²) in [5, 5.41) is 23.7. The highest BCUT2D eigenvalue weighted by atomic mass is 19.4. The summed E-state index contributed by atoms with van der Waals surface area (Å²) >= 11 is 0. The van der Waals surface area contributed by atoms with Gasteiger partial charge in [0, 0.05) is 75.3 Å². The molecule has 3 atom stereocenters. The number of nitrogens with one attached hydrogen (secondary N) is 2. The van der Waals surface area contributed by atoms with Crippen molar-refractivity contribution in [2.75, 3.05) is 13.1 Å². The summed E-state index contributed by atoms with van der Waals surface area (Å²) in [5.74, 6) is -11.7. The number of aliphatic carboxylic acids is 1. The van der Waals surface area contributed by atoms with E-state index in [9.17, 15) is 67.1 Å². The number of amides is 2. The predicted octanol–water partition coefficient (Wildman–Crippen LogP) is 8.30. The van der Waals surface area contributed by atoms with E-state index in [4.69, 9.17) is 20.5 Å². The van der Waals surface area contributed by atoms with Gasteiger partial charge in [0.25, 0.3) is 0 Å². The molecule has 5 aromatic carbocycles. The number of carboxylic acid groups (broad SMARTS) is 1. The Balaban J connectivity index is 0.000000188. The van der Waals surface area contributed by atoms with Crippen LogP contribution in [0, 0.1) is 59.3 Å². The lowest BCUT2D eigenvalue weighted by atomic mass is 10.0. The Morgan fingerprint density at radius 2 is 0.941 bits per heavy atom. The summed E-state index contributed by atoms with van der Waals surface area (Å²) in [5.41, 5.74) is 12.5. The summed E-state index contributed by atoms with van der Waals surface area (Å²) in [4.78, 5) is 49.9. The van der Waals surface area contributed by atoms with Crippen LogP contribution in [0.3, 0.4) is 0 Å². The maximum atomic E-state index is 14.3. The zero-order chi connectivity index (χ0) is 61.5. The number of hydrogen-bond acceptors (Lipinski definition) is 12. The van der Waals surface area contributed by atoms with E-state index in [0.717, 1.165) is 33.7 Å². The molecule has 2 aliphatic heterocycles. The molecule has 29 heteroatoms. The van der Waals surface area contributed by atoms with E-state index in [1.807, 2.05) is 47.9 Å². The first-order valence-corrected chi connectivity index (χ1v) is 26.1. The van der Waals surface area contributed by atoms with Crippen molar-refractivity contribution in [3.05, 3.63) is 201 Å². The van der Waals surface area contributed by atoms with Crippen molar-refractivity contribution in [3.8, 4) is 0 Å². The molecule has 0 saturated heterocycles. The number of nitrogens with zero attached hydrogens (tertiary/aromatic N) is 8. The standard InChI is InChI=1S/C23H21F6N5O2.C17H16F3NO3.C16H18F3N5O/c24-17-11-19(26)18(25)9-15(17)8-16(32-36-13-14-4-2-1-3-5-14)10-21(35)33-6-7-34-20(12-33)30-31-22(34)23(27,28)29;18-14-9-16(20)15(19)7-12(14)6-13(8-17(22)23)21-24-10-11-4-2-1-3-5-11;1-9-21-22-15-8-23(2-3-24(9)15)16(25)6-11(20)4-10-5-13(18)14(19)7-12(10)17/h1-5,9,11,16,32H,6-8,10,12-13H2;1-5,7,9,13,21H,6,8,10H2,(H,22,23);5,7,11H,2-4,6,8,20H2,1H3/t16-;13-;11-/m111/s1. The van der Waals surface area contributed by atoms with E-state index in [-0.39, 0.29) is 99.8 Å². The molecule has 9 rings (SSSR count). The maximum Gasteiger partial charge on any atom is 0.451 e. The number of carboxylic acids is 1. The van der Waals surface area contributed by atoms with Gasteiger partial charge in [-0.25, -0.2) is 39.5 Å². The fraction of sp³-hybridized carbons (Fsp3) is 0.339. The molecule has 5 N–H and O–H groups in total. The highest BCUT2D eigenvalue weighted by molar-refractivity contribution is 5.77. The van der Waals surface area contributed by atoms with Crippen molar-refractivity contribution < 1.29 is 81.9 Å². The number of alkyl halides is 3. The Morgan fingerprint density at radius 3 is 1.40 bits per heavy atom. The van der Waals surface area contributed by atoms with Crippen LogP contribution in [0.5, 0.6) is 0 Å². The van der Waals surface area contributed by atoms with Gasteiger partial charge < -0.3 is 29.8 Å². The van der Waals surface area contributed by atoms with E-state index < -0.39 is 94.4 Å². The number of benzene rings is 5. The third-order valence-corrected chi connectivity index (χ3v) is 13.3. The van der Waals surface area contributed by atoms with Crippen molar-refractivity contribution >= 4 is 17.8 Å². The second kappa shape index (κ2) is 29.5. The topological polar surface area (TPSA) is 208 Å². The van der Waals surface area contributed by atoms with Gasteiger partial charge in [-0.05, 0) is 72.2 Å². The first-order chi connectivity index (χ1) is 40.4. The van der Waals surface area contributed by atoms with Crippen LogP contribution in [0.2, 0.25) is 0 Å². The van der Waals surface area contributed by atoms with Gasteiger partial charge in [0.2, 0.25) is 17.6 Å². The lowest BCUT2D eigenvalue weighted by molar-refractivity contribution is -0.148. The van der Waals surface area contributed by atoms with Crippen LogP contribution in [0.4, 0.5) is 52.7 Å². The Labute approximate surface area is 477 Å². The van der Waals surface area contributed by atoms with Gasteiger partial charge in [-0.1, -0.05) is 60.7 Å². The van der Waals surface area contributed by atoms with E-state index in [0.29, 0.717) is 49.7 Å². The van der Waals surface area contributed by atoms with Gasteiger partial charge in [0.05, 0.1) is 32.7 Å². The molecule has 0 spiro atoms. The van der Waals surface area contributed by atoms with E-state index in [2.05, 4.69) is 31.4 Å². The Bertz CT molecular complexity index is 3410. The van der Waals surface area contributed by atoms with E-state index >= 15 is 0 Å². The number of nitrogens with two attached hydrogens (primary N) is 1. The normalized spacial score (nSPS) is 14.0. The molecule has 0 bridgehead atoms. The van der Waals surface area contributed by atoms with Gasteiger partial charge in [0.1, 0.15) is 23.3 Å². The van der Waals surface area contributed by atoms with Crippen LogP contribution >= 0.6 is 0 Å². The van der Waals surface area contributed by atoms with Gasteiger partial charge in [-0.2, -0.15) is 24.1 Å². The maximum absolute atomic E-state index is 14.3. The molecule has 454 valence electrons. The third kappa shape index (κ3) is 18.4. The summed E-state index contributed by atoms with van der Waals surface area (Å²) < 4.78 is 163. The number of aryl methyl sites for hydroxylation is 1. The first kappa shape index (κ1) is 64.3. The third-order valence-electron chi connectivity index (χ3n) is 13.3. The van der Waals surface area contributed by atoms with Crippen LogP contribution in [0.1, 0.15) is 70.4 Å². The highest BCUT2D eigenvalue weighted by Gasteiger charge is 2.40. The molecule has 0 radical (unpaired) electrons. The molecular weight excluding hydrogens is 1150 g/mol. The second-order valence-corrected chi connectivity index (χ2v) is 19.7. The number of halogens is 12. The van der Waals surface area contributed by atoms with E-state index in [1.165, 1.54) is 4.90 Å². The van der Waals surface area contributed by atoms with Gasteiger partial charge >= 0.3 is 12.1 Å². The molecule has 4 heterocycles. The van der Waals surface area contributed by atoms with Crippen molar-refractivity contribution in [3.63, 3.8) is 0 Å². The Kier molecular flexibility index (Phi) is 22.3. The summed E-state index contributed by atoms with van der Waals surface area (Å²) in [7, 11) is 0. The van der Waals surface area contributed by atoms with Crippen molar-refractivity contribution in [2.45, 2.75) is 109 Å². The van der Waals surface area contributed by atoms with E-state index in [1.54, 1.807) is 29.2 Å². The number of aromatic nitrogens is 6. The molecule has 2 aliphatic rings. The Morgan fingerprint density at radius 1 is 0.541 bits per heavy atom. The largest absolute Gasteiger partial charge is 0.481 e. The molecule has 7 aromatic rings. The Hall–Kier alpha value is -8.25. The van der Waals surface area contributed by atoms with Crippen LogP contribution in [-0.4, -0.2) is 93.4 Å². The quantitative estimate of drug-likeness (QED) is 0.0322. The minimum Gasteiger partial charge on any atom is -0.481 e. The number of rotatable bonds is 20. The van der Waals surface area contributed by atoms with Gasteiger partial charge in [0.15, 0.2) is 46.6 Å². The molecule has 2 amide bonds. The highest BCUT2D eigenvalue weighted by Crippen LogP contribution is 2.30. The van der Waals surface area contributed by atoms with Crippen LogP contribution in [0.15, 0.2) is 97.1 Å². The van der Waals surface area contributed by atoms with Crippen LogP contribution in [0.25, 0.3) is 0 Å². The molecule has 0 fully saturated rings. The summed E-state index contributed by atoms with van der Waals surface area (Å²) in [6.45, 7) is 3.22. The molecule has 85 heavy (non-hydrogen) atoms. The SMILES string of the molecule is Cc1nnc2n1CCN(C(=O)C[C@H](N)Cc1cc(F)c(F)cc1F)C2.O=C(C[C@@H](Cc1cc(F)c(F)cc1F)NOCc1ccccc1)N1CCn2c(nnc2C(F)(F)F)C1.O=C(O)C[C@@H](Cc1cc(F)c(F)cc1F)NOCc1ccccc1. The molecule has 0 saturated carbocycles. The summed E-state index contributed by atoms with van der Waals surface area (Å²) in [6, 6.07) is 19.4. The van der Waals surface area contributed by atoms with Crippen molar-refractivity contribution in [1.82, 2.24) is 50.3 Å². The van der Waals surface area contributed by atoms with Gasteiger partial charge in [-0.3, -0.25) is 24.1 Å². The molecule has 0 unspecified atom stereocenters. The second-order valence-electron chi connectivity index (χ2n) is 19.7. The fourth-order valence-electron chi connectivity index (χ4n) is 8.99. The van der Waals surface area contributed by atoms with Gasteiger partial charge in [-0.15, -0.1) is 20.4 Å². The molecule has 17 nitrogen and oxygen atoms in total. The number of carbonyl (C=O) groups excluding carboxylic acids is 2. The summed E-state index contributed by atoms with van der Waals surface area (Å²) in [6.07, 6.45) is -5.75. The van der Waals surface area contributed by atoms with Crippen molar-refractivity contribution in [1.29, 1.82) is 0 Å².